The molecule has 7 heteroatoms. The Morgan fingerprint density at radius 3 is 2.68 bits per heavy atom. The number of benzene rings is 1. The van der Waals surface area contributed by atoms with Gasteiger partial charge in [-0.1, -0.05) is 6.07 Å². The van der Waals surface area contributed by atoms with Crippen LogP contribution >= 0.6 is 0 Å². The van der Waals surface area contributed by atoms with E-state index in [0.717, 1.165) is 5.56 Å². The average molecular weight is 381 g/mol. The van der Waals surface area contributed by atoms with E-state index in [0.29, 0.717) is 37.2 Å². The van der Waals surface area contributed by atoms with E-state index in [4.69, 9.17) is 4.74 Å². The van der Waals surface area contributed by atoms with Crippen molar-refractivity contribution >= 4 is 17.7 Å². The Labute approximate surface area is 163 Å². The molecule has 0 spiro atoms. The summed E-state index contributed by atoms with van der Waals surface area (Å²) in [6.07, 6.45) is 4.01. The van der Waals surface area contributed by atoms with Gasteiger partial charge < -0.3 is 10.1 Å². The number of nitrogens with one attached hydrogen (secondary N) is 1. The lowest BCUT2D eigenvalue weighted by Gasteiger charge is -2.14. The molecular formula is C21H23N3O4. The molecule has 0 unspecified atom stereocenters. The van der Waals surface area contributed by atoms with E-state index in [-0.39, 0.29) is 29.4 Å². The lowest BCUT2D eigenvalue weighted by atomic mass is 10.1. The third-order valence-electron chi connectivity index (χ3n) is 4.39. The molecule has 28 heavy (non-hydrogen) atoms. The molecule has 2 aromatic rings. The van der Waals surface area contributed by atoms with Crippen LogP contribution in [0.25, 0.3) is 0 Å². The lowest BCUT2D eigenvalue weighted by Crippen LogP contribution is -2.31. The fraction of sp³-hybridized carbons (Fsp3) is 0.333. The minimum absolute atomic E-state index is 0.106. The smallest absolute Gasteiger partial charge is 0.261 e. The van der Waals surface area contributed by atoms with Crippen molar-refractivity contribution in [2.24, 2.45) is 0 Å². The van der Waals surface area contributed by atoms with Gasteiger partial charge in [-0.25, -0.2) is 0 Å². The summed E-state index contributed by atoms with van der Waals surface area (Å²) in [7, 11) is 0. The first kappa shape index (κ1) is 19.7. The summed E-state index contributed by atoms with van der Waals surface area (Å²) in [5, 5.41) is 2.79. The number of hydrogen-bond acceptors (Lipinski definition) is 5. The van der Waals surface area contributed by atoms with Crippen molar-refractivity contribution in [1.29, 1.82) is 0 Å². The largest absolute Gasteiger partial charge is 0.379 e. The second kappa shape index (κ2) is 8.75. The molecule has 1 N–H and O–H groups in total. The summed E-state index contributed by atoms with van der Waals surface area (Å²) in [6, 6.07) is 8.24. The molecule has 1 aliphatic heterocycles. The number of aromatic nitrogens is 1. The molecular weight excluding hydrogens is 358 g/mol. The fourth-order valence-corrected chi connectivity index (χ4v) is 2.96. The molecule has 2 heterocycles. The Balaban J connectivity index is 1.64. The standard InChI is InChI=1S/C21H23N3O4/c1-14(2)28-10-4-9-24-20(26)17-7-6-16(11-18(17)21(24)27)19(25)23-13-15-5-3-8-22-12-15/h3,5-8,11-12,14H,4,9-10,13H2,1-2H3,(H,23,25). The zero-order valence-corrected chi connectivity index (χ0v) is 16.0. The Kier molecular flexibility index (Phi) is 6.16. The number of rotatable bonds is 8. The maximum atomic E-state index is 12.6. The molecule has 1 aromatic carbocycles. The molecule has 3 rings (SSSR count). The van der Waals surface area contributed by atoms with Crippen LogP contribution < -0.4 is 5.32 Å². The lowest BCUT2D eigenvalue weighted by molar-refractivity contribution is 0.0566. The molecule has 0 fully saturated rings. The third-order valence-corrected chi connectivity index (χ3v) is 4.39. The molecule has 0 saturated heterocycles. The first-order valence-corrected chi connectivity index (χ1v) is 9.26. The van der Waals surface area contributed by atoms with Crippen LogP contribution in [0.3, 0.4) is 0 Å². The van der Waals surface area contributed by atoms with Crippen LogP contribution in [0.2, 0.25) is 0 Å². The number of amides is 3. The number of pyridine rings is 1. The monoisotopic (exact) mass is 381 g/mol. The van der Waals surface area contributed by atoms with E-state index in [2.05, 4.69) is 10.3 Å². The van der Waals surface area contributed by atoms with Crippen molar-refractivity contribution in [2.75, 3.05) is 13.2 Å². The van der Waals surface area contributed by atoms with Crippen LogP contribution in [-0.4, -0.2) is 46.9 Å². The molecule has 0 saturated carbocycles. The van der Waals surface area contributed by atoms with Gasteiger partial charge in [-0.15, -0.1) is 0 Å². The molecule has 146 valence electrons. The minimum atomic E-state index is -0.369. The summed E-state index contributed by atoms with van der Waals surface area (Å²) in [5.41, 5.74) is 1.81. The fourth-order valence-electron chi connectivity index (χ4n) is 2.96. The molecule has 1 aromatic heterocycles. The SMILES string of the molecule is CC(C)OCCCN1C(=O)c2ccc(C(=O)NCc3cccnc3)cc2C1=O. The number of ether oxygens (including phenoxy) is 1. The van der Waals surface area contributed by atoms with Gasteiger partial charge in [0, 0.05) is 37.7 Å². The Hall–Kier alpha value is -3.06. The first-order valence-electron chi connectivity index (χ1n) is 9.26. The minimum Gasteiger partial charge on any atom is -0.379 e. The van der Waals surface area contributed by atoms with E-state index in [9.17, 15) is 14.4 Å². The van der Waals surface area contributed by atoms with Gasteiger partial charge in [-0.05, 0) is 50.1 Å². The van der Waals surface area contributed by atoms with Crippen LogP contribution in [0.4, 0.5) is 0 Å². The van der Waals surface area contributed by atoms with Crippen molar-refractivity contribution in [3.05, 3.63) is 65.0 Å². The number of hydrogen-bond donors (Lipinski definition) is 1. The van der Waals surface area contributed by atoms with E-state index in [1.165, 1.54) is 11.0 Å². The van der Waals surface area contributed by atoms with Crippen molar-refractivity contribution in [2.45, 2.75) is 32.9 Å². The number of imide groups is 1. The number of fused-ring (bicyclic) bond motifs is 1. The Morgan fingerprint density at radius 1 is 1.18 bits per heavy atom. The van der Waals surface area contributed by atoms with Gasteiger partial charge in [0.25, 0.3) is 17.7 Å². The van der Waals surface area contributed by atoms with Gasteiger partial charge in [0.15, 0.2) is 0 Å². The number of nitrogens with zero attached hydrogens (tertiary/aromatic N) is 2. The quantitative estimate of drug-likeness (QED) is 0.560. The van der Waals surface area contributed by atoms with Gasteiger partial charge in [0.05, 0.1) is 17.2 Å². The average Bonchev–Trinajstić information content (AvgIpc) is 2.94. The summed E-state index contributed by atoms with van der Waals surface area (Å²) in [6.45, 7) is 4.97. The molecule has 0 bridgehead atoms. The highest BCUT2D eigenvalue weighted by Gasteiger charge is 2.35. The van der Waals surface area contributed by atoms with Crippen molar-refractivity contribution in [1.82, 2.24) is 15.2 Å². The van der Waals surface area contributed by atoms with Gasteiger partial charge >= 0.3 is 0 Å². The zero-order chi connectivity index (χ0) is 20.1. The highest BCUT2D eigenvalue weighted by Crippen LogP contribution is 2.24. The number of carbonyl (C=O) groups excluding carboxylic acids is 3. The summed E-state index contributed by atoms with van der Waals surface area (Å²) >= 11 is 0. The van der Waals surface area contributed by atoms with Gasteiger partial charge in [0.2, 0.25) is 0 Å². The first-order chi connectivity index (χ1) is 13.5. The van der Waals surface area contributed by atoms with Crippen LogP contribution in [0.15, 0.2) is 42.7 Å². The molecule has 3 amide bonds. The maximum Gasteiger partial charge on any atom is 0.261 e. The van der Waals surface area contributed by atoms with Crippen LogP contribution in [0, 0.1) is 0 Å². The Morgan fingerprint density at radius 2 is 1.96 bits per heavy atom. The molecule has 0 atom stereocenters. The van der Waals surface area contributed by atoms with E-state index in [1.54, 1.807) is 30.6 Å². The second-order valence-corrected chi connectivity index (χ2v) is 6.84. The van der Waals surface area contributed by atoms with Crippen LogP contribution in [0.5, 0.6) is 0 Å². The van der Waals surface area contributed by atoms with Crippen molar-refractivity contribution in [3.63, 3.8) is 0 Å². The molecule has 0 aliphatic carbocycles. The van der Waals surface area contributed by atoms with Gasteiger partial charge in [0.1, 0.15) is 0 Å². The predicted molar refractivity (Wildman–Crippen MR) is 103 cm³/mol. The molecule has 0 radical (unpaired) electrons. The van der Waals surface area contributed by atoms with Crippen LogP contribution in [-0.2, 0) is 11.3 Å². The van der Waals surface area contributed by atoms with Crippen molar-refractivity contribution in [3.8, 4) is 0 Å². The van der Waals surface area contributed by atoms with Gasteiger partial charge in [-0.3, -0.25) is 24.3 Å². The van der Waals surface area contributed by atoms with Crippen LogP contribution in [0.1, 0.15) is 56.9 Å². The molecule has 7 nitrogen and oxygen atoms in total. The number of carbonyl (C=O) groups is 3. The normalized spacial score (nSPS) is 13.2. The topological polar surface area (TPSA) is 88.6 Å². The third kappa shape index (κ3) is 4.43. The second-order valence-electron chi connectivity index (χ2n) is 6.84. The predicted octanol–water partition coefficient (Wildman–Crippen LogP) is 2.42. The highest BCUT2D eigenvalue weighted by atomic mass is 16.5. The summed E-state index contributed by atoms with van der Waals surface area (Å²) in [4.78, 5) is 42.7. The summed E-state index contributed by atoms with van der Waals surface area (Å²) < 4.78 is 5.46. The highest BCUT2D eigenvalue weighted by molar-refractivity contribution is 6.22. The summed E-state index contributed by atoms with van der Waals surface area (Å²) in [5.74, 6) is -1.01. The van der Waals surface area contributed by atoms with E-state index < -0.39 is 0 Å². The van der Waals surface area contributed by atoms with E-state index >= 15 is 0 Å². The molecule has 1 aliphatic rings. The zero-order valence-electron chi connectivity index (χ0n) is 16.0. The Bertz CT molecular complexity index is 880. The maximum absolute atomic E-state index is 12.6. The van der Waals surface area contributed by atoms with E-state index in [1.807, 2.05) is 19.9 Å². The van der Waals surface area contributed by atoms with Crippen molar-refractivity contribution < 1.29 is 19.1 Å². The van der Waals surface area contributed by atoms with Gasteiger partial charge in [-0.2, -0.15) is 0 Å².